The number of alkyl halides is 3. The third-order valence-electron chi connectivity index (χ3n) is 6.75. The van der Waals surface area contributed by atoms with Gasteiger partial charge < -0.3 is 20.4 Å². The van der Waals surface area contributed by atoms with Crippen LogP contribution in [0.25, 0.3) is 10.9 Å². The molecule has 3 aromatic rings. The van der Waals surface area contributed by atoms with Crippen molar-refractivity contribution in [1.82, 2.24) is 4.98 Å². The Morgan fingerprint density at radius 1 is 1.16 bits per heavy atom. The quantitative estimate of drug-likeness (QED) is 0.594. The van der Waals surface area contributed by atoms with Crippen LogP contribution in [0.1, 0.15) is 36.8 Å². The number of benzene rings is 2. The highest BCUT2D eigenvalue weighted by Gasteiger charge is 2.44. The maximum Gasteiger partial charge on any atom is 0.416 e. The van der Waals surface area contributed by atoms with Gasteiger partial charge in [-0.15, -0.1) is 0 Å². The van der Waals surface area contributed by atoms with Gasteiger partial charge in [0.2, 0.25) is 5.91 Å². The smallest absolute Gasteiger partial charge is 0.416 e. The fraction of sp³-hybridized carbons (Fsp3) is 0.375. The lowest BCUT2D eigenvalue weighted by molar-refractivity contribution is -0.137. The predicted molar refractivity (Wildman–Crippen MR) is 116 cm³/mol. The average Bonchev–Trinajstić information content (AvgIpc) is 3.10. The van der Waals surface area contributed by atoms with Gasteiger partial charge in [0, 0.05) is 30.2 Å². The summed E-state index contributed by atoms with van der Waals surface area (Å²) in [5, 5.41) is 1.02. The number of hydrogen-bond acceptors (Lipinski definition) is 3. The summed E-state index contributed by atoms with van der Waals surface area (Å²) < 4.78 is 44.4. The molecule has 1 amide bonds. The minimum atomic E-state index is -4.31. The Balaban J connectivity index is 1.23. The van der Waals surface area contributed by atoms with Crippen molar-refractivity contribution in [1.29, 1.82) is 0 Å². The lowest BCUT2D eigenvalue weighted by Gasteiger charge is -2.47. The Hall–Kier alpha value is -3.16. The fourth-order valence-electron chi connectivity index (χ4n) is 4.61. The van der Waals surface area contributed by atoms with E-state index in [1.54, 1.807) is 12.1 Å². The molecule has 1 aromatic heterocycles. The van der Waals surface area contributed by atoms with Crippen LogP contribution in [-0.4, -0.2) is 30.1 Å². The lowest BCUT2D eigenvalue weighted by atomic mass is 9.77. The Morgan fingerprint density at radius 2 is 1.84 bits per heavy atom. The predicted octanol–water partition coefficient (Wildman–Crippen LogP) is 4.82. The third kappa shape index (κ3) is 3.57. The Labute approximate surface area is 183 Å². The highest BCUT2D eigenvalue weighted by Crippen LogP contribution is 2.42. The molecule has 168 valence electrons. The number of amides is 1. The third-order valence-corrected chi connectivity index (χ3v) is 6.75. The van der Waals surface area contributed by atoms with E-state index in [1.165, 1.54) is 0 Å². The minimum Gasteiger partial charge on any atom is -0.490 e. The zero-order valence-electron chi connectivity index (χ0n) is 17.6. The van der Waals surface area contributed by atoms with E-state index in [9.17, 15) is 18.0 Å². The van der Waals surface area contributed by atoms with Gasteiger partial charge in [-0.1, -0.05) is 12.1 Å². The number of nitrogens with one attached hydrogen (secondary N) is 1. The summed E-state index contributed by atoms with van der Waals surface area (Å²) in [6.07, 6.45) is -0.809. The average molecular weight is 443 g/mol. The Kier molecular flexibility index (Phi) is 4.65. The molecule has 5 nitrogen and oxygen atoms in total. The molecule has 1 aliphatic carbocycles. The number of carbonyl (C=O) groups is 1. The zero-order chi connectivity index (χ0) is 22.7. The number of fused-ring (bicyclic) bond motifs is 1. The Bertz CT molecular complexity index is 1160. The van der Waals surface area contributed by atoms with Gasteiger partial charge in [-0.25, -0.2) is 0 Å². The number of ether oxygens (including phenoxy) is 1. The largest absolute Gasteiger partial charge is 0.490 e. The number of aromatic nitrogens is 1. The topological polar surface area (TPSA) is 71.4 Å². The second kappa shape index (κ2) is 7.18. The first-order chi connectivity index (χ1) is 15.1. The number of anilines is 1. The molecule has 0 bridgehead atoms. The monoisotopic (exact) mass is 443 g/mol. The van der Waals surface area contributed by atoms with E-state index < -0.39 is 17.2 Å². The maximum atomic E-state index is 12.7. The first kappa shape index (κ1) is 20.7. The number of hydrogen-bond donors (Lipinski definition) is 2. The molecule has 5 rings (SSSR count). The van der Waals surface area contributed by atoms with Crippen molar-refractivity contribution in [3.63, 3.8) is 0 Å². The van der Waals surface area contributed by atoms with E-state index in [1.807, 2.05) is 31.3 Å². The fourth-order valence-corrected chi connectivity index (χ4v) is 4.61. The summed E-state index contributed by atoms with van der Waals surface area (Å²) in [5.74, 6) is 0.680. The number of aromatic amines is 1. The highest BCUT2D eigenvalue weighted by atomic mass is 19.4. The van der Waals surface area contributed by atoms with Crippen molar-refractivity contribution < 1.29 is 22.7 Å². The first-order valence-electron chi connectivity index (χ1n) is 10.6. The molecule has 3 N–H and O–H groups in total. The molecule has 0 radical (unpaired) electrons. The van der Waals surface area contributed by atoms with Gasteiger partial charge >= 0.3 is 6.18 Å². The molecule has 2 heterocycles. The molecule has 0 unspecified atom stereocenters. The normalized spacial score (nSPS) is 22.3. The summed E-state index contributed by atoms with van der Waals surface area (Å²) in [4.78, 5) is 17.0. The number of H-pyrrole nitrogens is 1. The van der Waals surface area contributed by atoms with Crippen LogP contribution in [-0.2, 0) is 11.0 Å². The molecular weight excluding hydrogens is 419 g/mol. The van der Waals surface area contributed by atoms with Crippen LogP contribution in [0.3, 0.4) is 0 Å². The molecule has 1 saturated heterocycles. The van der Waals surface area contributed by atoms with Gasteiger partial charge in [0.15, 0.2) is 0 Å². The van der Waals surface area contributed by atoms with Gasteiger partial charge in [0.1, 0.15) is 5.75 Å². The summed E-state index contributed by atoms with van der Waals surface area (Å²) in [6.45, 7) is 3.04. The van der Waals surface area contributed by atoms with Crippen LogP contribution in [0.15, 0.2) is 48.7 Å². The van der Waals surface area contributed by atoms with Crippen LogP contribution < -0.4 is 15.4 Å². The number of carbonyl (C=O) groups excluding carboxylic acids is 1. The van der Waals surface area contributed by atoms with Gasteiger partial charge in [-0.05, 0) is 61.6 Å². The molecular formula is C24H24F3N3O2. The second-order valence-electron chi connectivity index (χ2n) is 9.19. The van der Waals surface area contributed by atoms with Crippen molar-refractivity contribution >= 4 is 22.5 Å². The molecule has 0 atom stereocenters. The molecule has 32 heavy (non-hydrogen) atoms. The molecule has 1 aliphatic heterocycles. The second-order valence-corrected chi connectivity index (χ2v) is 9.19. The van der Waals surface area contributed by atoms with Crippen LogP contribution in [0.5, 0.6) is 5.75 Å². The maximum absolute atomic E-state index is 12.7. The van der Waals surface area contributed by atoms with E-state index in [-0.39, 0.29) is 17.9 Å². The molecule has 2 aliphatic rings. The van der Waals surface area contributed by atoms with E-state index in [0.29, 0.717) is 13.1 Å². The number of nitrogens with zero attached hydrogens (tertiary/aromatic N) is 1. The van der Waals surface area contributed by atoms with Crippen LogP contribution in [0.4, 0.5) is 18.9 Å². The van der Waals surface area contributed by atoms with Crippen LogP contribution in [0, 0.1) is 5.41 Å². The van der Waals surface area contributed by atoms with Gasteiger partial charge in [0.05, 0.1) is 22.8 Å². The van der Waals surface area contributed by atoms with Gasteiger partial charge in [-0.2, -0.15) is 13.2 Å². The van der Waals surface area contributed by atoms with Crippen molar-refractivity contribution in [2.45, 2.75) is 38.0 Å². The standard InChI is InChI=1S/C24H24F3N3O2/c1-23(22(28)31)12-30(13-23)21-11-29-20-7-6-17(10-19(20)21)32-18-8-15(9-18)14-2-4-16(5-3-14)24(25,26)27/h2-7,10-11,15,18,29H,8-9,12-13H2,1H3,(H2,28,31). The van der Waals surface area contributed by atoms with E-state index >= 15 is 0 Å². The van der Waals surface area contributed by atoms with Gasteiger partial charge in [0.25, 0.3) is 0 Å². The van der Waals surface area contributed by atoms with E-state index in [4.69, 9.17) is 10.5 Å². The summed E-state index contributed by atoms with van der Waals surface area (Å²) in [6, 6.07) is 11.3. The van der Waals surface area contributed by atoms with Crippen molar-refractivity contribution in [3.05, 3.63) is 59.8 Å². The van der Waals surface area contributed by atoms with E-state index in [0.717, 1.165) is 52.9 Å². The number of nitrogens with two attached hydrogens (primary N) is 1. The molecule has 2 fully saturated rings. The summed E-state index contributed by atoms with van der Waals surface area (Å²) in [5.41, 5.74) is 7.28. The SMILES string of the molecule is CC1(C(N)=O)CN(c2c[nH]c3ccc(OC4CC(c5ccc(C(F)(F)F)cc5)C4)cc23)C1. The summed E-state index contributed by atoms with van der Waals surface area (Å²) in [7, 11) is 0. The van der Waals surface area contributed by atoms with E-state index in [2.05, 4.69) is 9.88 Å². The number of halogens is 3. The zero-order valence-corrected chi connectivity index (χ0v) is 17.6. The molecule has 8 heteroatoms. The number of rotatable bonds is 5. The number of primary amides is 1. The Morgan fingerprint density at radius 3 is 2.47 bits per heavy atom. The molecule has 2 aromatic carbocycles. The lowest BCUT2D eigenvalue weighted by Crippen LogP contribution is -2.61. The first-order valence-corrected chi connectivity index (χ1v) is 10.6. The van der Waals surface area contributed by atoms with Gasteiger partial charge in [-0.3, -0.25) is 4.79 Å². The van der Waals surface area contributed by atoms with Crippen molar-refractivity contribution in [3.8, 4) is 5.75 Å². The van der Waals surface area contributed by atoms with Crippen LogP contribution >= 0.6 is 0 Å². The molecule has 1 saturated carbocycles. The highest BCUT2D eigenvalue weighted by molar-refractivity contribution is 5.95. The van der Waals surface area contributed by atoms with Crippen molar-refractivity contribution in [2.24, 2.45) is 11.1 Å². The molecule has 0 spiro atoms. The van der Waals surface area contributed by atoms with Crippen molar-refractivity contribution in [2.75, 3.05) is 18.0 Å². The van der Waals surface area contributed by atoms with Crippen LogP contribution in [0.2, 0.25) is 0 Å². The minimum absolute atomic E-state index is 0.0318. The summed E-state index contributed by atoms with van der Waals surface area (Å²) >= 11 is 0.